The number of benzene rings is 1. The molecule has 1 amide bonds. The van der Waals surface area contributed by atoms with E-state index in [0.29, 0.717) is 17.1 Å². The summed E-state index contributed by atoms with van der Waals surface area (Å²) in [5.74, 6) is -0.502. The lowest BCUT2D eigenvalue weighted by Crippen LogP contribution is -2.32. The van der Waals surface area contributed by atoms with Gasteiger partial charge in [0.1, 0.15) is 5.75 Å². The molecule has 8 nitrogen and oxygen atoms in total. The molecule has 152 valence electrons. The summed E-state index contributed by atoms with van der Waals surface area (Å²) in [4.78, 5) is 23.5. The molecule has 1 unspecified atom stereocenters. The Morgan fingerprint density at radius 2 is 2.21 bits per heavy atom. The third-order valence-corrected chi connectivity index (χ3v) is 4.54. The number of rotatable bonds is 6. The van der Waals surface area contributed by atoms with E-state index >= 15 is 0 Å². The summed E-state index contributed by atoms with van der Waals surface area (Å²) in [6.45, 7) is 1.63. The largest absolute Gasteiger partial charge is 0.480 e. The van der Waals surface area contributed by atoms with Crippen LogP contribution in [0.2, 0.25) is 5.02 Å². The first kappa shape index (κ1) is 22.0. The lowest BCUT2D eigenvalue weighted by atomic mass is 10.1. The van der Waals surface area contributed by atoms with Gasteiger partial charge in [0.25, 0.3) is 5.91 Å². The summed E-state index contributed by atoms with van der Waals surface area (Å²) in [7, 11) is 1.28. The molecular weight excluding hydrogens is 407 g/mol. The van der Waals surface area contributed by atoms with Gasteiger partial charge in [-0.25, -0.2) is 4.79 Å². The normalized spacial score (nSPS) is 16.0. The van der Waals surface area contributed by atoms with Gasteiger partial charge >= 0.3 is 5.97 Å². The van der Waals surface area contributed by atoms with E-state index in [1.165, 1.54) is 7.11 Å². The van der Waals surface area contributed by atoms with Crippen LogP contribution in [0, 0.1) is 0 Å². The number of carbonyl (C=O) groups is 2. The zero-order valence-corrected chi connectivity index (χ0v) is 16.9. The number of amides is 1. The Balaban J connectivity index is 0.00000280. The lowest BCUT2D eigenvalue weighted by molar-refractivity contribution is -0.142. The third kappa shape index (κ3) is 5.60. The lowest BCUT2D eigenvalue weighted by Gasteiger charge is -2.22. The van der Waals surface area contributed by atoms with Crippen molar-refractivity contribution in [2.45, 2.75) is 18.9 Å². The molecule has 0 bridgehead atoms. The van der Waals surface area contributed by atoms with Crippen LogP contribution in [-0.2, 0) is 9.53 Å². The topological polar surface area (TPSA) is 94.5 Å². The molecule has 1 aromatic carbocycles. The number of ether oxygens (including phenoxy) is 2. The Kier molecular flexibility index (Phi) is 8.10. The van der Waals surface area contributed by atoms with E-state index in [-0.39, 0.29) is 36.0 Å². The number of halogens is 2. The molecule has 0 radical (unpaired) electrons. The van der Waals surface area contributed by atoms with Crippen LogP contribution in [0.1, 0.15) is 29.4 Å². The molecule has 0 saturated carbocycles. The standard InChI is InChI=1S/C18H21ClN4O4.ClH/c1-26-17(24)11-27-16-5-4-12(9-14(16)19)21-18(25)15-6-8-23(22-15)13-3-2-7-20-10-13;/h4-6,8-9,13,20H,2-3,7,10-11H2,1H3,(H,21,25);1H. The number of hydrogen-bond donors (Lipinski definition) is 2. The Labute approximate surface area is 173 Å². The number of esters is 1. The third-order valence-electron chi connectivity index (χ3n) is 4.25. The van der Waals surface area contributed by atoms with Gasteiger partial charge in [0, 0.05) is 18.4 Å². The van der Waals surface area contributed by atoms with E-state index in [4.69, 9.17) is 16.3 Å². The summed E-state index contributed by atoms with van der Waals surface area (Å²) in [5.41, 5.74) is 0.840. The zero-order chi connectivity index (χ0) is 19.2. The smallest absolute Gasteiger partial charge is 0.343 e. The Morgan fingerprint density at radius 3 is 2.89 bits per heavy atom. The first-order valence-corrected chi connectivity index (χ1v) is 9.01. The van der Waals surface area contributed by atoms with Crippen molar-refractivity contribution in [1.82, 2.24) is 15.1 Å². The molecule has 3 rings (SSSR count). The van der Waals surface area contributed by atoms with Crippen LogP contribution in [0.5, 0.6) is 5.75 Å². The van der Waals surface area contributed by atoms with Crippen molar-refractivity contribution in [3.63, 3.8) is 0 Å². The fourth-order valence-corrected chi connectivity index (χ4v) is 3.04. The second kappa shape index (κ2) is 10.3. The predicted octanol–water partition coefficient (Wildman–Crippen LogP) is 2.69. The summed E-state index contributed by atoms with van der Waals surface area (Å²) in [5, 5.41) is 10.7. The molecule has 1 aliphatic heterocycles. The second-order valence-electron chi connectivity index (χ2n) is 6.15. The number of anilines is 1. The Morgan fingerprint density at radius 1 is 1.39 bits per heavy atom. The minimum Gasteiger partial charge on any atom is -0.480 e. The van der Waals surface area contributed by atoms with Crippen LogP contribution in [0.3, 0.4) is 0 Å². The van der Waals surface area contributed by atoms with Gasteiger partial charge in [-0.3, -0.25) is 9.48 Å². The van der Waals surface area contributed by atoms with Crippen LogP contribution >= 0.6 is 24.0 Å². The molecule has 28 heavy (non-hydrogen) atoms. The number of nitrogens with one attached hydrogen (secondary N) is 2. The maximum atomic E-state index is 12.4. The van der Waals surface area contributed by atoms with Crippen molar-refractivity contribution >= 4 is 41.6 Å². The monoisotopic (exact) mass is 428 g/mol. The number of methoxy groups -OCH3 is 1. The van der Waals surface area contributed by atoms with Crippen molar-refractivity contribution in [2.75, 3.05) is 32.1 Å². The Hall–Kier alpha value is -2.29. The maximum absolute atomic E-state index is 12.4. The van der Waals surface area contributed by atoms with Gasteiger partial charge in [0.15, 0.2) is 12.3 Å². The van der Waals surface area contributed by atoms with Crippen molar-refractivity contribution in [2.24, 2.45) is 0 Å². The molecule has 0 spiro atoms. The van der Waals surface area contributed by atoms with Gasteiger partial charge in [-0.1, -0.05) is 11.6 Å². The summed E-state index contributed by atoms with van der Waals surface area (Å²) in [6, 6.07) is 6.72. The van der Waals surface area contributed by atoms with E-state index in [9.17, 15) is 9.59 Å². The minimum atomic E-state index is -0.507. The van der Waals surface area contributed by atoms with E-state index in [0.717, 1.165) is 25.9 Å². The average Bonchev–Trinajstić information content (AvgIpc) is 3.18. The molecule has 0 aliphatic carbocycles. The van der Waals surface area contributed by atoms with Crippen LogP contribution in [0.4, 0.5) is 5.69 Å². The van der Waals surface area contributed by atoms with Gasteiger partial charge in [-0.05, 0) is 43.7 Å². The highest BCUT2D eigenvalue weighted by molar-refractivity contribution is 6.32. The quantitative estimate of drug-likeness (QED) is 0.686. The van der Waals surface area contributed by atoms with Gasteiger partial charge in [-0.2, -0.15) is 5.10 Å². The van der Waals surface area contributed by atoms with Crippen molar-refractivity contribution in [1.29, 1.82) is 0 Å². The first-order chi connectivity index (χ1) is 13.1. The molecule has 1 atom stereocenters. The highest BCUT2D eigenvalue weighted by atomic mass is 35.5. The van der Waals surface area contributed by atoms with Crippen LogP contribution in [0.25, 0.3) is 0 Å². The fourth-order valence-electron chi connectivity index (χ4n) is 2.81. The predicted molar refractivity (Wildman–Crippen MR) is 108 cm³/mol. The van der Waals surface area contributed by atoms with E-state index < -0.39 is 5.97 Å². The molecule has 1 fully saturated rings. The minimum absolute atomic E-state index is 0. The first-order valence-electron chi connectivity index (χ1n) is 8.63. The van der Waals surface area contributed by atoms with Gasteiger partial charge in [-0.15, -0.1) is 12.4 Å². The maximum Gasteiger partial charge on any atom is 0.343 e. The molecular formula is C18H22Cl2N4O4. The van der Waals surface area contributed by atoms with Crippen molar-refractivity contribution in [3.05, 3.63) is 41.2 Å². The summed E-state index contributed by atoms with van der Waals surface area (Å²) in [6.07, 6.45) is 3.96. The summed E-state index contributed by atoms with van der Waals surface area (Å²) < 4.78 is 11.6. The summed E-state index contributed by atoms with van der Waals surface area (Å²) >= 11 is 6.14. The van der Waals surface area contributed by atoms with E-state index in [2.05, 4.69) is 20.5 Å². The number of piperidine rings is 1. The Bertz CT molecular complexity index is 822. The van der Waals surface area contributed by atoms with Gasteiger partial charge in [0.05, 0.1) is 18.2 Å². The van der Waals surface area contributed by atoms with Gasteiger partial charge in [0.2, 0.25) is 0 Å². The average molecular weight is 429 g/mol. The molecule has 2 aromatic rings. The molecule has 1 aliphatic rings. The number of carbonyl (C=O) groups excluding carboxylic acids is 2. The fraction of sp³-hybridized carbons (Fsp3) is 0.389. The number of nitrogens with zero attached hydrogens (tertiary/aromatic N) is 2. The zero-order valence-electron chi connectivity index (χ0n) is 15.3. The van der Waals surface area contributed by atoms with E-state index in [1.54, 1.807) is 24.3 Å². The van der Waals surface area contributed by atoms with Crippen LogP contribution in [0.15, 0.2) is 30.5 Å². The second-order valence-corrected chi connectivity index (χ2v) is 6.55. The molecule has 10 heteroatoms. The molecule has 2 heterocycles. The highest BCUT2D eigenvalue weighted by Gasteiger charge is 2.18. The van der Waals surface area contributed by atoms with E-state index in [1.807, 2.05) is 10.9 Å². The van der Waals surface area contributed by atoms with Crippen LogP contribution < -0.4 is 15.4 Å². The highest BCUT2D eigenvalue weighted by Crippen LogP contribution is 2.28. The molecule has 1 saturated heterocycles. The SMILES string of the molecule is COC(=O)COc1ccc(NC(=O)c2ccn(C3CCCNC3)n2)cc1Cl.Cl. The van der Waals surface area contributed by atoms with Crippen molar-refractivity contribution < 1.29 is 19.1 Å². The van der Waals surface area contributed by atoms with Crippen molar-refractivity contribution in [3.8, 4) is 5.75 Å². The number of hydrogen-bond acceptors (Lipinski definition) is 6. The molecule has 2 N–H and O–H groups in total. The van der Waals surface area contributed by atoms with Crippen LogP contribution in [-0.4, -0.2) is 48.5 Å². The number of aromatic nitrogens is 2. The molecule has 1 aromatic heterocycles. The van der Waals surface area contributed by atoms with Gasteiger partial charge < -0.3 is 20.1 Å².